The molecule has 1 heterocycles. The molecule has 0 aliphatic heterocycles. The van der Waals surface area contributed by atoms with E-state index in [9.17, 15) is 0 Å². The number of nitrogens with zero attached hydrogens (tertiary/aromatic N) is 2. The van der Waals surface area contributed by atoms with Gasteiger partial charge in [0.1, 0.15) is 0 Å². The van der Waals surface area contributed by atoms with Crippen molar-refractivity contribution in [3.8, 4) is 5.88 Å². The zero-order chi connectivity index (χ0) is 11.6. The predicted molar refractivity (Wildman–Crippen MR) is 62.4 cm³/mol. The van der Waals surface area contributed by atoms with Crippen molar-refractivity contribution in [2.24, 2.45) is 5.73 Å². The first-order valence-electron chi connectivity index (χ1n) is 5.61. The van der Waals surface area contributed by atoms with Gasteiger partial charge in [0.05, 0.1) is 11.6 Å². The van der Waals surface area contributed by atoms with Crippen molar-refractivity contribution in [1.82, 2.24) is 9.97 Å². The molecule has 1 fully saturated rings. The molecule has 5 heteroatoms. The van der Waals surface area contributed by atoms with Crippen LogP contribution in [-0.4, -0.2) is 28.2 Å². The van der Waals surface area contributed by atoms with Gasteiger partial charge in [-0.05, 0) is 26.7 Å². The largest absolute Gasteiger partial charge is 0.475 e. The van der Waals surface area contributed by atoms with E-state index < -0.39 is 0 Å². The van der Waals surface area contributed by atoms with Gasteiger partial charge in [0, 0.05) is 18.8 Å². The van der Waals surface area contributed by atoms with Crippen molar-refractivity contribution in [3.05, 3.63) is 12.3 Å². The van der Waals surface area contributed by atoms with Crippen LogP contribution < -0.4 is 15.8 Å². The van der Waals surface area contributed by atoms with Crippen LogP contribution in [0.25, 0.3) is 0 Å². The number of nitrogens with one attached hydrogen (secondary N) is 1. The third-order valence-corrected chi connectivity index (χ3v) is 2.61. The topological polar surface area (TPSA) is 73.1 Å². The Morgan fingerprint density at radius 2 is 2.31 bits per heavy atom. The zero-order valence-electron chi connectivity index (χ0n) is 9.73. The third-order valence-electron chi connectivity index (χ3n) is 2.61. The summed E-state index contributed by atoms with van der Waals surface area (Å²) in [4.78, 5) is 8.45. The minimum absolute atomic E-state index is 0.0243. The Kier molecular flexibility index (Phi) is 2.96. The van der Waals surface area contributed by atoms with Gasteiger partial charge >= 0.3 is 0 Å². The number of aromatic nitrogens is 2. The minimum atomic E-state index is 0.0243. The van der Waals surface area contributed by atoms with Crippen LogP contribution >= 0.6 is 0 Å². The highest BCUT2D eigenvalue weighted by Crippen LogP contribution is 2.37. The lowest BCUT2D eigenvalue weighted by Crippen LogP contribution is -2.31. The van der Waals surface area contributed by atoms with Crippen LogP contribution in [-0.2, 0) is 0 Å². The summed E-state index contributed by atoms with van der Waals surface area (Å²) in [6.07, 6.45) is 3.98. The predicted octanol–water partition coefficient (Wildman–Crippen LogP) is 1.17. The first-order chi connectivity index (χ1) is 7.63. The lowest BCUT2D eigenvalue weighted by molar-refractivity contribution is 0.232. The Hall–Kier alpha value is -1.36. The van der Waals surface area contributed by atoms with E-state index >= 15 is 0 Å². The second kappa shape index (κ2) is 4.25. The number of hydrogen-bond donors (Lipinski definition) is 2. The number of hydrogen-bond acceptors (Lipinski definition) is 5. The quantitative estimate of drug-likeness (QED) is 0.782. The van der Waals surface area contributed by atoms with Crippen molar-refractivity contribution in [3.63, 3.8) is 0 Å². The summed E-state index contributed by atoms with van der Waals surface area (Å²) in [7, 11) is 0. The first-order valence-corrected chi connectivity index (χ1v) is 5.61. The van der Waals surface area contributed by atoms with Gasteiger partial charge in [-0.1, -0.05) is 0 Å². The lowest BCUT2D eigenvalue weighted by atomic mass is 10.3. The van der Waals surface area contributed by atoms with Crippen LogP contribution in [0.5, 0.6) is 5.88 Å². The molecule has 0 bridgehead atoms. The maximum Gasteiger partial charge on any atom is 0.226 e. The second-order valence-electron chi connectivity index (χ2n) is 4.49. The van der Waals surface area contributed by atoms with Gasteiger partial charge in [-0.25, -0.2) is 4.98 Å². The van der Waals surface area contributed by atoms with Crippen molar-refractivity contribution in [1.29, 1.82) is 0 Å². The number of nitrogens with two attached hydrogens (primary N) is 1. The fraction of sp³-hybridized carbons (Fsp3) is 0.636. The molecule has 0 unspecified atom stereocenters. The number of ether oxygens (including phenoxy) is 1. The van der Waals surface area contributed by atoms with Gasteiger partial charge in [-0.3, -0.25) is 0 Å². The standard InChI is InChI=1S/C11H18N4O/c1-8(2)16-9-3-6-13-10(14-9)15-11(7-12)4-5-11/h3,6,8H,4-5,7,12H2,1-2H3,(H,13,14,15). The maximum atomic E-state index is 5.69. The van der Waals surface area contributed by atoms with Gasteiger partial charge in [-0.2, -0.15) is 4.98 Å². The number of anilines is 1. The van der Waals surface area contributed by atoms with Gasteiger partial charge in [0.2, 0.25) is 11.8 Å². The first kappa shape index (κ1) is 11.1. The van der Waals surface area contributed by atoms with E-state index in [1.54, 1.807) is 12.3 Å². The molecule has 16 heavy (non-hydrogen) atoms. The molecule has 1 aromatic heterocycles. The molecule has 1 aromatic rings. The molecular formula is C11H18N4O. The van der Waals surface area contributed by atoms with Crippen molar-refractivity contribution < 1.29 is 4.74 Å². The number of rotatable bonds is 5. The van der Waals surface area contributed by atoms with Gasteiger partial charge in [0.25, 0.3) is 0 Å². The highest BCUT2D eigenvalue weighted by Gasteiger charge is 2.41. The van der Waals surface area contributed by atoms with Crippen molar-refractivity contribution in [2.45, 2.75) is 38.3 Å². The van der Waals surface area contributed by atoms with E-state index in [0.29, 0.717) is 18.4 Å². The summed E-state index contributed by atoms with van der Waals surface area (Å²) >= 11 is 0. The van der Waals surface area contributed by atoms with Gasteiger partial charge in [-0.15, -0.1) is 0 Å². The Bertz CT molecular complexity index is 363. The molecule has 0 atom stereocenters. The smallest absolute Gasteiger partial charge is 0.226 e. The lowest BCUT2D eigenvalue weighted by Gasteiger charge is -2.15. The highest BCUT2D eigenvalue weighted by molar-refractivity contribution is 5.35. The van der Waals surface area contributed by atoms with E-state index in [0.717, 1.165) is 12.8 Å². The molecule has 2 rings (SSSR count). The van der Waals surface area contributed by atoms with Crippen molar-refractivity contribution >= 4 is 5.95 Å². The molecule has 3 N–H and O–H groups in total. The molecule has 1 saturated carbocycles. The fourth-order valence-electron chi connectivity index (χ4n) is 1.48. The molecule has 0 saturated heterocycles. The summed E-state index contributed by atoms with van der Waals surface area (Å²) < 4.78 is 5.50. The SMILES string of the molecule is CC(C)Oc1ccnc(NC2(CN)CC2)n1. The fourth-order valence-corrected chi connectivity index (χ4v) is 1.48. The van der Waals surface area contributed by atoms with Gasteiger partial charge < -0.3 is 15.8 Å². The van der Waals surface area contributed by atoms with Gasteiger partial charge in [0.15, 0.2) is 0 Å². The Morgan fingerprint density at radius 3 is 2.88 bits per heavy atom. The molecule has 0 radical (unpaired) electrons. The molecule has 5 nitrogen and oxygen atoms in total. The van der Waals surface area contributed by atoms with E-state index in [1.165, 1.54) is 0 Å². The monoisotopic (exact) mass is 222 g/mol. The molecule has 0 spiro atoms. The molecule has 1 aliphatic carbocycles. The summed E-state index contributed by atoms with van der Waals surface area (Å²) in [5.41, 5.74) is 5.71. The minimum Gasteiger partial charge on any atom is -0.475 e. The molecular weight excluding hydrogens is 204 g/mol. The average Bonchev–Trinajstić information content (AvgIpc) is 2.98. The second-order valence-corrected chi connectivity index (χ2v) is 4.49. The molecule has 0 aromatic carbocycles. The van der Waals surface area contributed by atoms with E-state index in [4.69, 9.17) is 10.5 Å². The Labute approximate surface area is 95.4 Å². The average molecular weight is 222 g/mol. The van der Waals surface area contributed by atoms with Crippen LogP contribution in [0.2, 0.25) is 0 Å². The normalized spacial score (nSPS) is 17.2. The summed E-state index contributed by atoms with van der Waals surface area (Å²) in [6.45, 7) is 4.56. The van der Waals surface area contributed by atoms with E-state index in [-0.39, 0.29) is 11.6 Å². The summed E-state index contributed by atoms with van der Waals surface area (Å²) in [6, 6.07) is 1.76. The third kappa shape index (κ3) is 2.61. The summed E-state index contributed by atoms with van der Waals surface area (Å²) in [5.74, 6) is 1.20. The molecule has 0 amide bonds. The van der Waals surface area contributed by atoms with Crippen molar-refractivity contribution in [2.75, 3.05) is 11.9 Å². The Morgan fingerprint density at radius 1 is 1.56 bits per heavy atom. The van der Waals surface area contributed by atoms with Crippen LogP contribution in [0.1, 0.15) is 26.7 Å². The van der Waals surface area contributed by atoms with E-state index in [1.807, 2.05) is 13.8 Å². The highest BCUT2D eigenvalue weighted by atomic mass is 16.5. The molecule has 1 aliphatic rings. The maximum absolute atomic E-state index is 5.69. The molecule has 88 valence electrons. The van der Waals surface area contributed by atoms with Crippen LogP contribution in [0.3, 0.4) is 0 Å². The van der Waals surface area contributed by atoms with Crippen LogP contribution in [0.4, 0.5) is 5.95 Å². The van der Waals surface area contributed by atoms with Crippen LogP contribution in [0, 0.1) is 0 Å². The van der Waals surface area contributed by atoms with Crippen LogP contribution in [0.15, 0.2) is 12.3 Å². The Balaban J connectivity index is 2.04. The summed E-state index contributed by atoms with van der Waals surface area (Å²) in [5, 5.41) is 3.27. The van der Waals surface area contributed by atoms with E-state index in [2.05, 4.69) is 15.3 Å². The zero-order valence-corrected chi connectivity index (χ0v) is 9.73.